The van der Waals surface area contributed by atoms with Crippen LogP contribution in [0.5, 0.6) is 0 Å². The minimum Gasteiger partial charge on any atom is -0.337 e. The Labute approximate surface area is 178 Å². The third-order valence-electron chi connectivity index (χ3n) is 4.71. The zero-order valence-electron chi connectivity index (χ0n) is 16.6. The molecule has 162 valence electrons. The first-order chi connectivity index (χ1) is 14.9. The molecular weight excluding hydrogens is 429 g/mol. The van der Waals surface area contributed by atoms with Gasteiger partial charge in [0.25, 0.3) is 5.56 Å². The van der Waals surface area contributed by atoms with Gasteiger partial charge in [-0.2, -0.15) is 17.9 Å². The Morgan fingerprint density at radius 3 is 2.77 bits per heavy atom. The van der Waals surface area contributed by atoms with E-state index in [2.05, 4.69) is 20.1 Å². The maximum Gasteiger partial charge on any atom is 0.433 e. The number of thiazole rings is 1. The summed E-state index contributed by atoms with van der Waals surface area (Å²) in [4.78, 5) is 25.6. The van der Waals surface area contributed by atoms with Gasteiger partial charge in [0.15, 0.2) is 5.69 Å². The molecule has 0 aliphatic carbocycles. The lowest BCUT2D eigenvalue weighted by atomic mass is 10.1. The van der Waals surface area contributed by atoms with E-state index >= 15 is 0 Å². The summed E-state index contributed by atoms with van der Waals surface area (Å²) in [5.74, 6) is 0. The van der Waals surface area contributed by atoms with E-state index in [4.69, 9.17) is 0 Å². The second-order valence-electron chi connectivity index (χ2n) is 6.80. The molecule has 0 unspecified atom stereocenters. The van der Waals surface area contributed by atoms with E-state index in [0.717, 1.165) is 20.7 Å². The molecule has 0 radical (unpaired) electrons. The van der Waals surface area contributed by atoms with Crippen molar-refractivity contribution in [1.82, 2.24) is 24.3 Å². The molecule has 3 aromatic heterocycles. The van der Waals surface area contributed by atoms with E-state index in [1.165, 1.54) is 0 Å². The maximum atomic E-state index is 13.8. The fourth-order valence-electron chi connectivity index (χ4n) is 3.25. The van der Waals surface area contributed by atoms with Crippen LogP contribution in [-0.2, 0) is 12.7 Å². The van der Waals surface area contributed by atoms with Crippen molar-refractivity contribution < 1.29 is 13.2 Å². The number of alkyl halides is 3. The number of benzene rings is 1. The lowest BCUT2D eigenvalue weighted by Crippen LogP contribution is -2.22. The zero-order valence-corrected chi connectivity index (χ0v) is 17.4. The Morgan fingerprint density at radius 2 is 2.10 bits per heavy atom. The number of aliphatic imine (C=N–C) groups is 1. The van der Waals surface area contributed by atoms with Gasteiger partial charge in [0, 0.05) is 31.2 Å². The molecule has 0 aliphatic rings. The van der Waals surface area contributed by atoms with Gasteiger partial charge in [-0.3, -0.25) is 14.9 Å². The fraction of sp³-hybridized carbons (Fsp3) is 0.300. The second kappa shape index (κ2) is 8.50. The van der Waals surface area contributed by atoms with Crippen LogP contribution >= 0.6 is 11.3 Å². The number of hydrogen-bond donors (Lipinski definition) is 1. The number of para-hydroxylation sites is 1. The van der Waals surface area contributed by atoms with Crippen molar-refractivity contribution in [3.8, 4) is 5.13 Å². The summed E-state index contributed by atoms with van der Waals surface area (Å²) in [6.45, 7) is 2.61. The van der Waals surface area contributed by atoms with E-state index in [1.807, 2.05) is 4.57 Å². The Balaban J connectivity index is 1.71. The zero-order chi connectivity index (χ0) is 22.0. The van der Waals surface area contributed by atoms with Gasteiger partial charge < -0.3 is 4.57 Å². The number of aryl methyl sites for hydroxylation is 1. The van der Waals surface area contributed by atoms with Crippen molar-refractivity contribution in [2.75, 3.05) is 6.54 Å². The van der Waals surface area contributed by atoms with Crippen LogP contribution in [0.3, 0.4) is 0 Å². The van der Waals surface area contributed by atoms with E-state index in [-0.39, 0.29) is 17.3 Å². The van der Waals surface area contributed by atoms with Crippen molar-refractivity contribution in [1.29, 1.82) is 0 Å². The number of H-pyrrole nitrogens is 1. The molecule has 0 aliphatic heterocycles. The summed E-state index contributed by atoms with van der Waals surface area (Å²) in [6.07, 6.45) is 1.19. The van der Waals surface area contributed by atoms with E-state index in [0.29, 0.717) is 25.0 Å². The molecule has 3 heterocycles. The van der Waals surface area contributed by atoms with Crippen LogP contribution in [0.2, 0.25) is 0 Å². The number of imidazole rings is 1. The minimum atomic E-state index is -4.73. The van der Waals surface area contributed by atoms with Gasteiger partial charge in [-0.1, -0.05) is 30.4 Å². The van der Waals surface area contributed by atoms with Gasteiger partial charge in [0.1, 0.15) is 0 Å². The van der Waals surface area contributed by atoms with Gasteiger partial charge in [-0.25, -0.2) is 9.97 Å². The molecule has 0 spiro atoms. The summed E-state index contributed by atoms with van der Waals surface area (Å²) in [7, 11) is 0. The first-order valence-electron chi connectivity index (χ1n) is 9.66. The molecule has 7 nitrogen and oxygen atoms in total. The molecule has 4 rings (SSSR count). The van der Waals surface area contributed by atoms with Crippen molar-refractivity contribution >= 4 is 27.3 Å². The SMILES string of the molecule is CCC(=NCCCn1ccnc1)c1c(C(F)(F)F)[nH]n(-c2nc3ccccc3s2)c1=O. The van der Waals surface area contributed by atoms with Crippen LogP contribution < -0.4 is 5.56 Å². The number of halogens is 3. The van der Waals surface area contributed by atoms with Crippen LogP contribution in [0.1, 0.15) is 31.0 Å². The van der Waals surface area contributed by atoms with Gasteiger partial charge >= 0.3 is 6.18 Å². The highest BCUT2D eigenvalue weighted by molar-refractivity contribution is 7.20. The van der Waals surface area contributed by atoms with Crippen LogP contribution in [-0.4, -0.2) is 36.6 Å². The molecule has 0 bridgehead atoms. The molecule has 1 N–H and O–H groups in total. The molecule has 4 aromatic rings. The molecule has 11 heteroatoms. The van der Waals surface area contributed by atoms with E-state index < -0.39 is 23.0 Å². The first-order valence-corrected chi connectivity index (χ1v) is 10.5. The lowest BCUT2D eigenvalue weighted by molar-refractivity contribution is -0.141. The Morgan fingerprint density at radius 1 is 1.29 bits per heavy atom. The normalized spacial score (nSPS) is 12.7. The molecular formula is C20H19F3N6OS. The summed E-state index contributed by atoms with van der Waals surface area (Å²) >= 11 is 1.14. The van der Waals surface area contributed by atoms with Gasteiger partial charge in [-0.05, 0) is 25.0 Å². The first kappa shape index (κ1) is 21.0. The smallest absolute Gasteiger partial charge is 0.337 e. The Kier molecular flexibility index (Phi) is 5.77. The number of nitrogens with zero attached hydrogens (tertiary/aromatic N) is 5. The van der Waals surface area contributed by atoms with Crippen molar-refractivity contribution in [3.63, 3.8) is 0 Å². The van der Waals surface area contributed by atoms with Crippen LogP contribution in [0, 0.1) is 0 Å². The summed E-state index contributed by atoms with van der Waals surface area (Å²) in [5.41, 5.74) is -1.62. The predicted octanol–water partition coefficient (Wildman–Crippen LogP) is 4.28. The summed E-state index contributed by atoms with van der Waals surface area (Å²) < 4.78 is 44.8. The monoisotopic (exact) mass is 448 g/mol. The lowest BCUT2D eigenvalue weighted by Gasteiger charge is -2.08. The van der Waals surface area contributed by atoms with Gasteiger partial charge in [0.2, 0.25) is 5.13 Å². The second-order valence-corrected chi connectivity index (χ2v) is 7.81. The molecule has 0 amide bonds. The molecule has 0 saturated heterocycles. The number of aromatic nitrogens is 5. The quantitative estimate of drug-likeness (QED) is 0.339. The van der Waals surface area contributed by atoms with Crippen molar-refractivity contribution in [3.05, 3.63) is 64.6 Å². The number of aromatic amines is 1. The minimum absolute atomic E-state index is 0.124. The number of nitrogens with one attached hydrogen (secondary N) is 1. The number of hydrogen-bond acceptors (Lipinski definition) is 5. The number of fused-ring (bicyclic) bond motifs is 1. The van der Waals surface area contributed by atoms with Gasteiger partial charge in [0.05, 0.1) is 22.1 Å². The molecule has 31 heavy (non-hydrogen) atoms. The Hall–Kier alpha value is -3.21. The predicted molar refractivity (Wildman–Crippen MR) is 113 cm³/mol. The van der Waals surface area contributed by atoms with E-state index in [1.54, 1.807) is 49.9 Å². The highest BCUT2D eigenvalue weighted by atomic mass is 32.1. The molecule has 0 atom stereocenters. The maximum absolute atomic E-state index is 13.8. The average Bonchev–Trinajstić information content (AvgIpc) is 3.46. The topological polar surface area (TPSA) is 80.9 Å². The van der Waals surface area contributed by atoms with Gasteiger partial charge in [-0.15, -0.1) is 0 Å². The fourth-order valence-corrected chi connectivity index (χ4v) is 4.18. The number of rotatable bonds is 7. The molecule has 0 saturated carbocycles. The molecule has 1 aromatic carbocycles. The highest BCUT2D eigenvalue weighted by Gasteiger charge is 2.39. The van der Waals surface area contributed by atoms with Crippen molar-refractivity contribution in [2.24, 2.45) is 4.99 Å². The largest absolute Gasteiger partial charge is 0.433 e. The molecule has 0 fully saturated rings. The van der Waals surface area contributed by atoms with Crippen LogP contribution in [0.15, 0.2) is 52.8 Å². The third-order valence-corrected chi connectivity index (χ3v) is 5.73. The summed E-state index contributed by atoms with van der Waals surface area (Å²) in [6, 6.07) is 7.13. The third kappa shape index (κ3) is 4.31. The van der Waals surface area contributed by atoms with Crippen molar-refractivity contribution in [2.45, 2.75) is 32.5 Å². The van der Waals surface area contributed by atoms with E-state index in [9.17, 15) is 18.0 Å². The van der Waals surface area contributed by atoms with Crippen LogP contribution in [0.4, 0.5) is 13.2 Å². The average molecular weight is 448 g/mol. The van der Waals surface area contributed by atoms with Crippen LogP contribution in [0.25, 0.3) is 15.3 Å². The highest BCUT2D eigenvalue weighted by Crippen LogP contribution is 2.31. The Bertz CT molecular complexity index is 1230. The summed E-state index contributed by atoms with van der Waals surface area (Å²) in [5, 5.41) is 2.38. The standard InChI is InChI=1S/C20H19F3N6OS/c1-2-13(25-8-5-10-28-11-9-24-12-28)16-17(20(21,22)23)27-29(18(16)30)19-26-14-6-3-4-7-15(14)31-19/h3-4,6-7,9,11-12,27H,2,5,8,10H2,1H3.